The third-order valence-electron chi connectivity index (χ3n) is 3.73. The molecule has 2 aromatic rings. The number of ether oxygens (including phenoxy) is 1. The molecule has 0 bridgehead atoms. The molecule has 0 saturated heterocycles. The molecule has 1 heterocycles. The summed E-state index contributed by atoms with van der Waals surface area (Å²) in [7, 11) is 0. The predicted octanol–water partition coefficient (Wildman–Crippen LogP) is 4.76. The highest BCUT2D eigenvalue weighted by Crippen LogP contribution is 2.35. The zero-order chi connectivity index (χ0) is 18.0. The molecule has 6 heteroatoms. The molecule has 4 nitrogen and oxygen atoms in total. The molecule has 2 amide bonds. The molecular formula is C19H15BrClNO3. The fourth-order valence-electron chi connectivity index (χ4n) is 2.52. The lowest BCUT2D eigenvalue weighted by Crippen LogP contribution is -2.31. The molecule has 0 atom stereocenters. The molecule has 0 N–H and O–H groups in total. The second kappa shape index (κ2) is 7.42. The van der Waals surface area contributed by atoms with E-state index >= 15 is 0 Å². The minimum Gasteiger partial charge on any atom is -0.494 e. The smallest absolute Gasteiger partial charge is 0.277 e. The second-order valence-electron chi connectivity index (χ2n) is 5.48. The fourth-order valence-corrected chi connectivity index (χ4v) is 3.05. The molecular weight excluding hydrogens is 406 g/mol. The standard InChI is InChI=1S/C19H15BrClNO3/c1-2-11-25-15-9-3-12(4-10-15)16-17(21)19(24)22(18(16)23)14-7-5-13(20)6-8-14/h3-10H,2,11H2,1H3. The van der Waals surface area contributed by atoms with Crippen LogP contribution in [0.5, 0.6) is 5.75 Å². The molecule has 1 aliphatic rings. The van der Waals surface area contributed by atoms with E-state index in [1.807, 2.05) is 6.92 Å². The van der Waals surface area contributed by atoms with Crippen molar-refractivity contribution in [2.45, 2.75) is 13.3 Å². The summed E-state index contributed by atoms with van der Waals surface area (Å²) >= 11 is 9.52. The van der Waals surface area contributed by atoms with Gasteiger partial charge in [-0.2, -0.15) is 0 Å². The Labute approximate surface area is 159 Å². The van der Waals surface area contributed by atoms with Crippen LogP contribution >= 0.6 is 27.5 Å². The Morgan fingerprint density at radius 1 is 1.00 bits per heavy atom. The molecule has 128 valence electrons. The van der Waals surface area contributed by atoms with Crippen molar-refractivity contribution in [3.8, 4) is 5.75 Å². The highest BCUT2D eigenvalue weighted by molar-refractivity contribution is 9.10. The second-order valence-corrected chi connectivity index (χ2v) is 6.78. The number of nitrogens with zero attached hydrogens (tertiary/aromatic N) is 1. The van der Waals surface area contributed by atoms with Gasteiger partial charge in [0, 0.05) is 4.47 Å². The Morgan fingerprint density at radius 2 is 1.64 bits per heavy atom. The van der Waals surface area contributed by atoms with Gasteiger partial charge in [0.15, 0.2) is 0 Å². The zero-order valence-electron chi connectivity index (χ0n) is 13.5. The zero-order valence-corrected chi connectivity index (χ0v) is 15.8. The van der Waals surface area contributed by atoms with Crippen LogP contribution in [0.25, 0.3) is 5.57 Å². The van der Waals surface area contributed by atoms with E-state index in [9.17, 15) is 9.59 Å². The lowest BCUT2D eigenvalue weighted by atomic mass is 10.1. The van der Waals surface area contributed by atoms with Crippen molar-refractivity contribution in [1.82, 2.24) is 0 Å². The average molecular weight is 421 g/mol. The maximum absolute atomic E-state index is 12.8. The average Bonchev–Trinajstić information content (AvgIpc) is 2.84. The molecule has 0 saturated carbocycles. The lowest BCUT2D eigenvalue weighted by Gasteiger charge is -2.15. The summed E-state index contributed by atoms with van der Waals surface area (Å²) in [6.45, 7) is 2.65. The first-order valence-corrected chi connectivity index (χ1v) is 8.97. The van der Waals surface area contributed by atoms with Gasteiger partial charge < -0.3 is 4.74 Å². The van der Waals surface area contributed by atoms with E-state index in [0.29, 0.717) is 23.6 Å². The maximum Gasteiger partial charge on any atom is 0.277 e. The van der Waals surface area contributed by atoms with Crippen molar-refractivity contribution in [1.29, 1.82) is 0 Å². The Bertz CT molecular complexity index is 844. The number of imide groups is 1. The largest absolute Gasteiger partial charge is 0.494 e. The Balaban J connectivity index is 1.90. The molecule has 0 radical (unpaired) electrons. The van der Waals surface area contributed by atoms with Crippen molar-refractivity contribution < 1.29 is 14.3 Å². The van der Waals surface area contributed by atoms with E-state index in [-0.39, 0.29) is 10.6 Å². The van der Waals surface area contributed by atoms with Crippen LogP contribution in [0.1, 0.15) is 18.9 Å². The van der Waals surface area contributed by atoms with Gasteiger partial charge in [0.2, 0.25) is 0 Å². The van der Waals surface area contributed by atoms with Crippen molar-refractivity contribution >= 4 is 50.6 Å². The quantitative estimate of drug-likeness (QED) is 0.655. The van der Waals surface area contributed by atoms with Crippen LogP contribution < -0.4 is 9.64 Å². The third-order valence-corrected chi connectivity index (χ3v) is 4.61. The van der Waals surface area contributed by atoms with Gasteiger partial charge in [-0.15, -0.1) is 0 Å². The summed E-state index contributed by atoms with van der Waals surface area (Å²) in [5.74, 6) is -0.237. The van der Waals surface area contributed by atoms with E-state index in [0.717, 1.165) is 15.8 Å². The number of rotatable bonds is 5. The van der Waals surface area contributed by atoms with Crippen molar-refractivity contribution in [3.05, 3.63) is 63.6 Å². The molecule has 0 spiro atoms. The number of carbonyl (C=O) groups excluding carboxylic acids is 2. The molecule has 0 aliphatic carbocycles. The molecule has 0 fully saturated rings. The van der Waals surface area contributed by atoms with Crippen molar-refractivity contribution in [3.63, 3.8) is 0 Å². The van der Waals surface area contributed by atoms with Crippen molar-refractivity contribution in [2.24, 2.45) is 0 Å². The number of anilines is 1. The molecule has 2 aromatic carbocycles. The van der Waals surface area contributed by atoms with E-state index < -0.39 is 11.8 Å². The van der Waals surface area contributed by atoms with Gasteiger partial charge in [-0.05, 0) is 48.4 Å². The number of amides is 2. The highest BCUT2D eigenvalue weighted by Gasteiger charge is 2.39. The van der Waals surface area contributed by atoms with E-state index in [4.69, 9.17) is 16.3 Å². The monoisotopic (exact) mass is 419 g/mol. The minimum atomic E-state index is -0.518. The Morgan fingerprint density at radius 3 is 2.24 bits per heavy atom. The number of carbonyl (C=O) groups is 2. The summed E-state index contributed by atoms with van der Waals surface area (Å²) in [5.41, 5.74) is 1.28. The van der Waals surface area contributed by atoms with Crippen LogP contribution in [-0.2, 0) is 9.59 Å². The maximum atomic E-state index is 12.8. The fraction of sp³-hybridized carbons (Fsp3) is 0.158. The van der Waals surface area contributed by atoms with Gasteiger partial charge in [0.05, 0.1) is 17.9 Å². The van der Waals surface area contributed by atoms with E-state index in [2.05, 4.69) is 15.9 Å². The van der Waals surface area contributed by atoms with E-state index in [1.54, 1.807) is 48.5 Å². The predicted molar refractivity (Wildman–Crippen MR) is 102 cm³/mol. The van der Waals surface area contributed by atoms with Gasteiger partial charge in [-0.3, -0.25) is 9.59 Å². The molecule has 25 heavy (non-hydrogen) atoms. The summed E-state index contributed by atoms with van der Waals surface area (Å²) in [6, 6.07) is 13.9. The van der Waals surface area contributed by atoms with E-state index in [1.165, 1.54) is 0 Å². The van der Waals surface area contributed by atoms with Crippen LogP contribution in [0.4, 0.5) is 5.69 Å². The Hall–Kier alpha value is -2.11. The first-order valence-electron chi connectivity index (χ1n) is 7.80. The highest BCUT2D eigenvalue weighted by atomic mass is 79.9. The normalized spacial score (nSPS) is 14.4. The topological polar surface area (TPSA) is 46.6 Å². The lowest BCUT2D eigenvalue weighted by molar-refractivity contribution is -0.119. The SMILES string of the molecule is CCCOc1ccc(C2=C(Cl)C(=O)N(c3ccc(Br)cc3)C2=O)cc1. The van der Waals surface area contributed by atoms with Crippen molar-refractivity contribution in [2.75, 3.05) is 11.5 Å². The van der Waals surface area contributed by atoms with Gasteiger partial charge in [-0.25, -0.2) is 4.90 Å². The number of halogens is 2. The van der Waals surface area contributed by atoms with Crippen LogP contribution in [0.3, 0.4) is 0 Å². The number of hydrogen-bond donors (Lipinski definition) is 0. The van der Waals surface area contributed by atoms with Gasteiger partial charge in [0.25, 0.3) is 11.8 Å². The first kappa shape index (κ1) is 17.7. The molecule has 1 aliphatic heterocycles. The summed E-state index contributed by atoms with van der Waals surface area (Å²) < 4.78 is 6.39. The minimum absolute atomic E-state index is 0.0739. The van der Waals surface area contributed by atoms with Crippen LogP contribution in [-0.4, -0.2) is 18.4 Å². The summed E-state index contributed by atoms with van der Waals surface area (Å²) in [5, 5.41) is -0.0739. The number of benzene rings is 2. The summed E-state index contributed by atoms with van der Waals surface area (Å²) in [6.07, 6.45) is 0.911. The third kappa shape index (κ3) is 3.48. The molecule has 3 rings (SSSR count). The number of hydrogen-bond acceptors (Lipinski definition) is 3. The Kier molecular flexibility index (Phi) is 5.25. The van der Waals surface area contributed by atoms with Gasteiger partial charge in [0.1, 0.15) is 10.8 Å². The van der Waals surface area contributed by atoms with Crippen LogP contribution in [0.2, 0.25) is 0 Å². The van der Waals surface area contributed by atoms with Crippen LogP contribution in [0.15, 0.2) is 58.0 Å². The summed E-state index contributed by atoms with van der Waals surface area (Å²) in [4.78, 5) is 26.3. The molecule has 0 unspecified atom stereocenters. The van der Waals surface area contributed by atoms with Crippen LogP contribution in [0, 0.1) is 0 Å². The van der Waals surface area contributed by atoms with Gasteiger partial charge in [-0.1, -0.05) is 46.6 Å². The molecule has 0 aromatic heterocycles. The first-order chi connectivity index (χ1) is 12.0. The van der Waals surface area contributed by atoms with Gasteiger partial charge >= 0.3 is 0 Å².